The Morgan fingerprint density at radius 1 is 1.00 bits per heavy atom. The lowest BCUT2D eigenvalue weighted by Crippen LogP contribution is -2.52. The van der Waals surface area contributed by atoms with Crippen LogP contribution in [0.5, 0.6) is 11.5 Å². The normalized spacial score (nSPS) is 18.2. The highest BCUT2D eigenvalue weighted by Crippen LogP contribution is 2.32. The molecule has 6 heteroatoms. The lowest BCUT2D eigenvalue weighted by atomic mass is 10.1. The van der Waals surface area contributed by atoms with Crippen LogP contribution >= 0.6 is 0 Å². The fourth-order valence-corrected chi connectivity index (χ4v) is 3.90. The minimum absolute atomic E-state index is 0.120. The van der Waals surface area contributed by atoms with E-state index in [1.807, 2.05) is 30.3 Å². The number of ether oxygens (including phenoxy) is 2. The maximum absolute atomic E-state index is 14.1. The lowest BCUT2D eigenvalue weighted by Gasteiger charge is -2.41. The van der Waals surface area contributed by atoms with Crippen LogP contribution in [-0.2, 0) is 13.1 Å². The van der Waals surface area contributed by atoms with Crippen LogP contribution < -0.4 is 9.47 Å². The van der Waals surface area contributed by atoms with Gasteiger partial charge in [-0.3, -0.25) is 9.80 Å². The average Bonchev–Trinajstić information content (AvgIpc) is 2.71. The maximum Gasteiger partial charge on any atom is 0.165 e. The van der Waals surface area contributed by atoms with Crippen molar-refractivity contribution in [1.82, 2.24) is 9.80 Å². The van der Waals surface area contributed by atoms with Gasteiger partial charge in [-0.05, 0) is 18.6 Å². The highest BCUT2D eigenvalue weighted by molar-refractivity contribution is 5.46. The molecule has 1 N–H and O–H groups in total. The Kier molecular flexibility index (Phi) is 7.25. The molecule has 0 saturated carbocycles. The highest BCUT2D eigenvalue weighted by Gasteiger charge is 2.28. The van der Waals surface area contributed by atoms with Gasteiger partial charge in [0.1, 0.15) is 5.82 Å². The molecule has 0 radical (unpaired) electrons. The lowest BCUT2D eigenvalue weighted by molar-refractivity contribution is 0.0489. The number of methoxy groups -OCH3 is 2. The molecule has 0 amide bonds. The van der Waals surface area contributed by atoms with Crippen LogP contribution in [0.1, 0.15) is 17.5 Å². The number of hydrogen-bond acceptors (Lipinski definition) is 5. The van der Waals surface area contributed by atoms with E-state index < -0.39 is 0 Å². The van der Waals surface area contributed by atoms with Crippen LogP contribution in [0.2, 0.25) is 0 Å². The largest absolute Gasteiger partial charge is 0.493 e. The number of rotatable bonds is 8. The molecule has 0 aliphatic carbocycles. The molecule has 1 saturated heterocycles. The van der Waals surface area contributed by atoms with Crippen LogP contribution in [0.25, 0.3) is 0 Å². The Hall–Kier alpha value is -2.15. The van der Waals surface area contributed by atoms with Crippen molar-refractivity contribution in [2.45, 2.75) is 25.6 Å². The fourth-order valence-electron chi connectivity index (χ4n) is 3.90. The van der Waals surface area contributed by atoms with Crippen LogP contribution in [-0.4, -0.2) is 61.4 Å². The quantitative estimate of drug-likeness (QED) is 0.753. The summed E-state index contributed by atoms with van der Waals surface area (Å²) in [6.07, 6.45) is 0.667. The zero-order chi connectivity index (χ0) is 19.9. The van der Waals surface area contributed by atoms with E-state index in [1.54, 1.807) is 20.3 Å². The summed E-state index contributed by atoms with van der Waals surface area (Å²) >= 11 is 0. The van der Waals surface area contributed by atoms with E-state index in [0.717, 1.165) is 43.2 Å². The number of aliphatic hydroxyl groups is 1. The standard InChI is InChI=1S/C22H29FN2O3/c1-27-21-9-5-7-18(22(21)28-2)14-24-11-12-25(19(16-24)10-13-26)15-17-6-3-4-8-20(17)23/h3-9,19,26H,10-16H2,1-2H3. The van der Waals surface area contributed by atoms with E-state index in [-0.39, 0.29) is 18.5 Å². The van der Waals surface area contributed by atoms with Gasteiger partial charge >= 0.3 is 0 Å². The van der Waals surface area contributed by atoms with Gasteiger partial charge in [0.15, 0.2) is 11.5 Å². The molecule has 0 aromatic heterocycles. The van der Waals surface area contributed by atoms with Gasteiger partial charge in [0.05, 0.1) is 14.2 Å². The molecule has 0 spiro atoms. The molecule has 1 aliphatic rings. The van der Waals surface area contributed by atoms with E-state index in [9.17, 15) is 9.50 Å². The van der Waals surface area contributed by atoms with E-state index in [1.165, 1.54) is 6.07 Å². The van der Waals surface area contributed by atoms with Crippen molar-refractivity contribution < 1.29 is 19.0 Å². The third-order valence-corrected chi connectivity index (χ3v) is 5.36. The molecule has 1 aliphatic heterocycles. The Balaban J connectivity index is 1.70. The average molecular weight is 388 g/mol. The van der Waals surface area contributed by atoms with Gasteiger partial charge in [-0.1, -0.05) is 30.3 Å². The summed E-state index contributed by atoms with van der Waals surface area (Å²) in [7, 11) is 3.29. The van der Waals surface area contributed by atoms with Crippen LogP contribution in [0.4, 0.5) is 4.39 Å². The highest BCUT2D eigenvalue weighted by atomic mass is 19.1. The first-order chi connectivity index (χ1) is 13.7. The van der Waals surface area contributed by atoms with Crippen molar-refractivity contribution in [3.63, 3.8) is 0 Å². The van der Waals surface area contributed by atoms with Crippen molar-refractivity contribution in [3.05, 3.63) is 59.4 Å². The third-order valence-electron chi connectivity index (χ3n) is 5.36. The van der Waals surface area contributed by atoms with Crippen molar-refractivity contribution in [1.29, 1.82) is 0 Å². The van der Waals surface area contributed by atoms with Gasteiger partial charge in [-0.2, -0.15) is 0 Å². The smallest absolute Gasteiger partial charge is 0.165 e. The van der Waals surface area contributed by atoms with Gasteiger partial charge in [0.25, 0.3) is 0 Å². The van der Waals surface area contributed by atoms with Gasteiger partial charge in [0.2, 0.25) is 0 Å². The predicted molar refractivity (Wildman–Crippen MR) is 107 cm³/mol. The van der Waals surface area contributed by atoms with Gasteiger partial charge in [-0.25, -0.2) is 4.39 Å². The molecule has 1 fully saturated rings. The number of para-hydroxylation sites is 1. The Bertz CT molecular complexity index is 771. The molecule has 0 bridgehead atoms. The molecule has 5 nitrogen and oxygen atoms in total. The molecule has 1 atom stereocenters. The number of benzene rings is 2. The fraction of sp³-hybridized carbons (Fsp3) is 0.455. The van der Waals surface area contributed by atoms with E-state index >= 15 is 0 Å². The van der Waals surface area contributed by atoms with Crippen LogP contribution in [0.15, 0.2) is 42.5 Å². The molecular weight excluding hydrogens is 359 g/mol. The van der Waals surface area contributed by atoms with Crippen molar-refractivity contribution >= 4 is 0 Å². The van der Waals surface area contributed by atoms with Crippen molar-refractivity contribution in [3.8, 4) is 11.5 Å². The first kappa shape index (κ1) is 20.6. The molecule has 3 rings (SSSR count). The third kappa shape index (κ3) is 4.82. The minimum atomic E-state index is -0.172. The summed E-state index contributed by atoms with van der Waals surface area (Å²) in [6, 6.07) is 13.0. The zero-order valence-corrected chi connectivity index (χ0v) is 16.6. The number of halogens is 1. The molecule has 2 aromatic carbocycles. The Morgan fingerprint density at radius 3 is 2.50 bits per heavy atom. The SMILES string of the molecule is COc1cccc(CN2CCN(Cc3ccccc3F)C(CCO)C2)c1OC. The second kappa shape index (κ2) is 9.87. The summed E-state index contributed by atoms with van der Waals surface area (Å²) in [4.78, 5) is 4.63. The summed E-state index contributed by atoms with van der Waals surface area (Å²) in [5, 5.41) is 9.53. The second-order valence-corrected chi connectivity index (χ2v) is 7.12. The van der Waals surface area contributed by atoms with Crippen LogP contribution in [0.3, 0.4) is 0 Å². The monoisotopic (exact) mass is 388 g/mol. The first-order valence-electron chi connectivity index (χ1n) is 9.66. The van der Waals surface area contributed by atoms with Crippen LogP contribution in [0, 0.1) is 5.82 Å². The van der Waals surface area contributed by atoms with Gasteiger partial charge < -0.3 is 14.6 Å². The summed E-state index contributed by atoms with van der Waals surface area (Å²) in [5.74, 6) is 1.32. The number of aliphatic hydroxyl groups excluding tert-OH is 1. The second-order valence-electron chi connectivity index (χ2n) is 7.12. The topological polar surface area (TPSA) is 45.2 Å². The minimum Gasteiger partial charge on any atom is -0.493 e. The molecule has 1 unspecified atom stereocenters. The summed E-state index contributed by atoms with van der Waals surface area (Å²) < 4.78 is 25.0. The van der Waals surface area contributed by atoms with Crippen molar-refractivity contribution in [2.24, 2.45) is 0 Å². The predicted octanol–water partition coefficient (Wildman–Crippen LogP) is 2.91. The molecule has 1 heterocycles. The molecule has 152 valence electrons. The Labute approximate surface area is 166 Å². The maximum atomic E-state index is 14.1. The van der Waals surface area contributed by atoms with E-state index in [0.29, 0.717) is 18.5 Å². The molecular formula is C22H29FN2O3. The van der Waals surface area contributed by atoms with E-state index in [2.05, 4.69) is 9.80 Å². The first-order valence-corrected chi connectivity index (χ1v) is 9.66. The number of piperazine rings is 1. The summed E-state index contributed by atoms with van der Waals surface area (Å²) in [5.41, 5.74) is 1.78. The molecule has 28 heavy (non-hydrogen) atoms. The molecule has 2 aromatic rings. The van der Waals surface area contributed by atoms with Gasteiger partial charge in [-0.15, -0.1) is 0 Å². The Morgan fingerprint density at radius 2 is 1.79 bits per heavy atom. The summed E-state index contributed by atoms with van der Waals surface area (Å²) in [6.45, 7) is 3.94. The van der Waals surface area contributed by atoms with Gasteiger partial charge in [0, 0.05) is 56.5 Å². The number of hydrogen-bond donors (Lipinski definition) is 1. The van der Waals surface area contributed by atoms with E-state index in [4.69, 9.17) is 9.47 Å². The zero-order valence-electron chi connectivity index (χ0n) is 16.6. The number of nitrogens with zero attached hydrogens (tertiary/aromatic N) is 2. The van der Waals surface area contributed by atoms with Crippen molar-refractivity contribution in [2.75, 3.05) is 40.5 Å².